The molecule has 1 aliphatic rings. The molecule has 1 fully saturated rings. The largest absolute Gasteiger partial charge is 0.396 e. The molecule has 0 unspecified atom stereocenters. The molecule has 1 aromatic carbocycles. The molecule has 2 atom stereocenters. The predicted octanol–water partition coefficient (Wildman–Crippen LogP) is 2.34. The zero-order valence-corrected chi connectivity index (χ0v) is 10.9. The second-order valence-electron chi connectivity index (χ2n) is 5.14. The standard InChI is InChI=1S/C15H19FN2O/c16-14-6-5-11(7-13(14)8-17)9-18-15-4-2-1-3-12(15)10-19/h5-7,12,15,18-19H,1-4,9-10H2/t12-,15+/m0/s1. The van der Waals surface area contributed by atoms with Crippen LogP contribution in [0.1, 0.15) is 36.8 Å². The highest BCUT2D eigenvalue weighted by molar-refractivity contribution is 5.34. The highest BCUT2D eigenvalue weighted by atomic mass is 19.1. The second-order valence-corrected chi connectivity index (χ2v) is 5.14. The summed E-state index contributed by atoms with van der Waals surface area (Å²) in [5, 5.41) is 21.6. The third-order valence-corrected chi connectivity index (χ3v) is 3.86. The van der Waals surface area contributed by atoms with Gasteiger partial charge in [-0.15, -0.1) is 0 Å². The molecule has 1 saturated carbocycles. The van der Waals surface area contributed by atoms with Gasteiger partial charge >= 0.3 is 0 Å². The molecule has 0 bridgehead atoms. The van der Waals surface area contributed by atoms with Gasteiger partial charge in [-0.1, -0.05) is 18.9 Å². The lowest BCUT2D eigenvalue weighted by Gasteiger charge is -2.31. The van der Waals surface area contributed by atoms with E-state index in [-0.39, 0.29) is 12.2 Å². The fraction of sp³-hybridized carbons (Fsp3) is 0.533. The van der Waals surface area contributed by atoms with Crippen molar-refractivity contribution in [3.05, 3.63) is 35.1 Å². The Morgan fingerprint density at radius 1 is 1.37 bits per heavy atom. The molecular weight excluding hydrogens is 243 g/mol. The Kier molecular flexibility index (Phi) is 4.89. The van der Waals surface area contributed by atoms with Gasteiger partial charge in [0.1, 0.15) is 11.9 Å². The van der Waals surface area contributed by atoms with Gasteiger partial charge in [-0.3, -0.25) is 0 Å². The summed E-state index contributed by atoms with van der Waals surface area (Å²) in [7, 11) is 0. The smallest absolute Gasteiger partial charge is 0.140 e. The maximum absolute atomic E-state index is 13.2. The van der Waals surface area contributed by atoms with Crippen LogP contribution < -0.4 is 5.32 Å². The minimum Gasteiger partial charge on any atom is -0.396 e. The van der Waals surface area contributed by atoms with Crippen molar-refractivity contribution in [2.24, 2.45) is 5.92 Å². The first-order valence-electron chi connectivity index (χ1n) is 6.77. The number of benzene rings is 1. The molecule has 19 heavy (non-hydrogen) atoms. The summed E-state index contributed by atoms with van der Waals surface area (Å²) in [6, 6.07) is 6.78. The number of aliphatic hydroxyl groups excluding tert-OH is 1. The van der Waals surface area contributed by atoms with Crippen LogP contribution in [0.3, 0.4) is 0 Å². The molecule has 0 aromatic heterocycles. The molecule has 0 spiro atoms. The lowest BCUT2D eigenvalue weighted by Crippen LogP contribution is -2.39. The Labute approximate surface area is 113 Å². The first-order valence-corrected chi connectivity index (χ1v) is 6.77. The van der Waals surface area contributed by atoms with E-state index in [1.165, 1.54) is 18.9 Å². The predicted molar refractivity (Wildman–Crippen MR) is 70.8 cm³/mol. The van der Waals surface area contributed by atoms with Crippen molar-refractivity contribution in [3.63, 3.8) is 0 Å². The third kappa shape index (κ3) is 3.52. The van der Waals surface area contributed by atoms with Crippen LogP contribution in [0.25, 0.3) is 0 Å². The molecule has 0 aliphatic heterocycles. The molecule has 0 saturated heterocycles. The SMILES string of the molecule is N#Cc1cc(CN[C@@H]2CCCC[C@H]2CO)ccc1F. The molecule has 0 heterocycles. The van der Waals surface area contributed by atoms with Gasteiger partial charge in [0.25, 0.3) is 0 Å². The Bertz CT molecular complexity index is 470. The normalized spacial score (nSPS) is 23.0. The van der Waals surface area contributed by atoms with Crippen molar-refractivity contribution < 1.29 is 9.50 Å². The summed E-state index contributed by atoms with van der Waals surface area (Å²) >= 11 is 0. The zero-order chi connectivity index (χ0) is 13.7. The van der Waals surface area contributed by atoms with Crippen molar-refractivity contribution >= 4 is 0 Å². The van der Waals surface area contributed by atoms with E-state index in [9.17, 15) is 9.50 Å². The van der Waals surface area contributed by atoms with E-state index in [1.807, 2.05) is 6.07 Å². The van der Waals surface area contributed by atoms with Crippen molar-refractivity contribution in [1.82, 2.24) is 5.32 Å². The number of halogens is 1. The molecule has 2 N–H and O–H groups in total. The molecule has 0 amide bonds. The second kappa shape index (κ2) is 6.65. The number of nitrogens with zero attached hydrogens (tertiary/aromatic N) is 1. The van der Waals surface area contributed by atoms with Crippen molar-refractivity contribution in [1.29, 1.82) is 5.26 Å². The minimum atomic E-state index is -0.475. The highest BCUT2D eigenvalue weighted by Crippen LogP contribution is 2.24. The third-order valence-electron chi connectivity index (χ3n) is 3.86. The van der Waals surface area contributed by atoms with Crippen molar-refractivity contribution in [2.45, 2.75) is 38.3 Å². The number of aliphatic hydroxyl groups is 1. The lowest BCUT2D eigenvalue weighted by atomic mass is 9.85. The quantitative estimate of drug-likeness (QED) is 0.875. The van der Waals surface area contributed by atoms with E-state index in [4.69, 9.17) is 5.26 Å². The van der Waals surface area contributed by atoms with Crippen LogP contribution in [0.2, 0.25) is 0 Å². The summed E-state index contributed by atoms with van der Waals surface area (Å²) in [4.78, 5) is 0. The van der Waals surface area contributed by atoms with E-state index >= 15 is 0 Å². The lowest BCUT2D eigenvalue weighted by molar-refractivity contribution is 0.152. The van der Waals surface area contributed by atoms with E-state index in [2.05, 4.69) is 5.32 Å². The van der Waals surface area contributed by atoms with E-state index < -0.39 is 5.82 Å². The average molecular weight is 262 g/mol. The van der Waals surface area contributed by atoms with Crippen LogP contribution in [0, 0.1) is 23.1 Å². The molecule has 4 heteroatoms. The summed E-state index contributed by atoms with van der Waals surface area (Å²) < 4.78 is 13.2. The molecule has 102 valence electrons. The molecule has 1 aromatic rings. The Balaban J connectivity index is 1.96. The van der Waals surface area contributed by atoms with Crippen LogP contribution in [-0.4, -0.2) is 17.8 Å². The zero-order valence-electron chi connectivity index (χ0n) is 10.9. The van der Waals surface area contributed by atoms with Gasteiger partial charge in [0.05, 0.1) is 5.56 Å². The van der Waals surface area contributed by atoms with Crippen LogP contribution in [-0.2, 0) is 6.54 Å². The fourth-order valence-corrected chi connectivity index (χ4v) is 2.71. The highest BCUT2D eigenvalue weighted by Gasteiger charge is 2.23. The average Bonchev–Trinajstić information content (AvgIpc) is 2.46. The first kappa shape index (κ1) is 14.0. The van der Waals surface area contributed by atoms with Gasteiger partial charge < -0.3 is 10.4 Å². The Morgan fingerprint density at radius 2 is 2.16 bits per heavy atom. The Morgan fingerprint density at radius 3 is 2.89 bits per heavy atom. The molecule has 0 radical (unpaired) electrons. The number of nitrogens with one attached hydrogen (secondary N) is 1. The Hall–Kier alpha value is -1.44. The van der Waals surface area contributed by atoms with Crippen LogP contribution in [0.15, 0.2) is 18.2 Å². The van der Waals surface area contributed by atoms with Crippen LogP contribution >= 0.6 is 0 Å². The number of rotatable bonds is 4. The molecule has 2 rings (SSSR count). The van der Waals surface area contributed by atoms with Gasteiger partial charge in [0.2, 0.25) is 0 Å². The van der Waals surface area contributed by atoms with Crippen molar-refractivity contribution in [3.8, 4) is 6.07 Å². The van der Waals surface area contributed by atoms with Crippen LogP contribution in [0.5, 0.6) is 0 Å². The first-order chi connectivity index (χ1) is 9.24. The fourth-order valence-electron chi connectivity index (χ4n) is 2.71. The summed E-state index contributed by atoms with van der Waals surface area (Å²) in [6.07, 6.45) is 4.48. The number of hydrogen-bond acceptors (Lipinski definition) is 3. The van der Waals surface area contributed by atoms with Gasteiger partial charge in [-0.05, 0) is 36.5 Å². The summed E-state index contributed by atoms with van der Waals surface area (Å²) in [6.45, 7) is 0.820. The van der Waals surface area contributed by atoms with E-state index in [0.717, 1.165) is 18.4 Å². The number of hydrogen-bond donors (Lipinski definition) is 2. The summed E-state index contributed by atoms with van der Waals surface area (Å²) in [5.41, 5.74) is 0.988. The van der Waals surface area contributed by atoms with Gasteiger partial charge in [0, 0.05) is 19.2 Å². The van der Waals surface area contributed by atoms with Gasteiger partial charge in [-0.25, -0.2) is 4.39 Å². The molecule has 1 aliphatic carbocycles. The minimum absolute atomic E-state index is 0.0849. The monoisotopic (exact) mass is 262 g/mol. The van der Waals surface area contributed by atoms with E-state index in [0.29, 0.717) is 18.5 Å². The van der Waals surface area contributed by atoms with Crippen molar-refractivity contribution in [2.75, 3.05) is 6.61 Å². The number of nitriles is 1. The van der Waals surface area contributed by atoms with Crippen LogP contribution in [0.4, 0.5) is 4.39 Å². The maximum atomic E-state index is 13.2. The van der Waals surface area contributed by atoms with Gasteiger partial charge in [-0.2, -0.15) is 5.26 Å². The maximum Gasteiger partial charge on any atom is 0.140 e. The summed E-state index contributed by atoms with van der Waals surface area (Å²) in [5.74, 6) is -0.165. The molecule has 3 nitrogen and oxygen atoms in total. The topological polar surface area (TPSA) is 56.0 Å². The van der Waals surface area contributed by atoms with E-state index in [1.54, 1.807) is 12.1 Å². The molecular formula is C15H19FN2O. The van der Waals surface area contributed by atoms with Gasteiger partial charge in [0.15, 0.2) is 0 Å².